The second kappa shape index (κ2) is 8.49. The first-order chi connectivity index (χ1) is 13.6. The Morgan fingerprint density at radius 3 is 2.21 bits per heavy atom. The lowest BCUT2D eigenvalue weighted by Gasteiger charge is -2.09. The lowest BCUT2D eigenvalue weighted by Crippen LogP contribution is -2.09. The summed E-state index contributed by atoms with van der Waals surface area (Å²) in [5, 5.41) is 18.3. The Morgan fingerprint density at radius 1 is 0.929 bits per heavy atom. The minimum atomic E-state index is -0.581. The number of esters is 1. The molecule has 0 amide bonds. The Labute approximate surface area is 163 Å². The van der Waals surface area contributed by atoms with E-state index in [1.807, 2.05) is 42.5 Å². The summed E-state index contributed by atoms with van der Waals surface area (Å²) in [5.41, 5.74) is 4.03. The quantitative estimate of drug-likeness (QED) is 0.361. The smallest absolute Gasteiger partial charge is 0.343 e. The highest BCUT2D eigenvalue weighted by Gasteiger charge is 2.13. The van der Waals surface area contributed by atoms with Gasteiger partial charge in [0.15, 0.2) is 0 Å². The molecule has 0 aromatic heterocycles. The van der Waals surface area contributed by atoms with Gasteiger partial charge >= 0.3 is 5.97 Å². The minimum absolute atomic E-state index is 0.198. The molecule has 0 heterocycles. The van der Waals surface area contributed by atoms with Gasteiger partial charge in [-0.3, -0.25) is 0 Å². The van der Waals surface area contributed by atoms with Gasteiger partial charge in [0.1, 0.15) is 11.8 Å². The van der Waals surface area contributed by atoms with E-state index in [9.17, 15) is 10.1 Å². The fourth-order valence-corrected chi connectivity index (χ4v) is 2.73. The van der Waals surface area contributed by atoms with Crippen LogP contribution in [0.2, 0.25) is 0 Å². The Bertz CT molecular complexity index is 1100. The number of carbonyl (C=O) groups is 1. The summed E-state index contributed by atoms with van der Waals surface area (Å²) in [6.07, 6.45) is 2.65. The number of hydrogen-bond donors (Lipinski definition) is 0. The molecule has 0 radical (unpaired) electrons. The number of nitrogens with zero attached hydrogens (tertiary/aromatic N) is 2. The highest BCUT2D eigenvalue weighted by atomic mass is 16.5. The van der Waals surface area contributed by atoms with Crippen molar-refractivity contribution in [1.82, 2.24) is 0 Å². The minimum Gasteiger partial charge on any atom is -0.422 e. The van der Waals surface area contributed by atoms with Gasteiger partial charge < -0.3 is 4.74 Å². The van der Waals surface area contributed by atoms with Gasteiger partial charge in [-0.2, -0.15) is 10.5 Å². The summed E-state index contributed by atoms with van der Waals surface area (Å²) in [7, 11) is 0. The molecule has 3 aromatic rings. The Morgan fingerprint density at radius 2 is 1.61 bits per heavy atom. The SMILES string of the molecule is C=CCc1ccc(-c2ccc(OC(=O)c3ccc(C#N)cc3)c(C#N)c2)cc1. The maximum atomic E-state index is 12.3. The zero-order chi connectivity index (χ0) is 19.9. The molecule has 0 aliphatic heterocycles. The molecule has 0 spiro atoms. The number of benzene rings is 3. The van der Waals surface area contributed by atoms with E-state index in [0.717, 1.165) is 23.1 Å². The fraction of sp³-hybridized carbons (Fsp3) is 0.0417. The van der Waals surface area contributed by atoms with Gasteiger partial charge in [-0.05, 0) is 59.5 Å². The molecule has 4 heteroatoms. The Balaban J connectivity index is 1.83. The van der Waals surface area contributed by atoms with Crippen molar-refractivity contribution in [2.45, 2.75) is 6.42 Å². The van der Waals surface area contributed by atoms with Crippen molar-refractivity contribution in [2.75, 3.05) is 0 Å². The van der Waals surface area contributed by atoms with Crippen LogP contribution >= 0.6 is 0 Å². The van der Waals surface area contributed by atoms with Gasteiger partial charge in [0.2, 0.25) is 0 Å². The average molecular weight is 364 g/mol. The van der Waals surface area contributed by atoms with Gasteiger partial charge in [0, 0.05) is 0 Å². The third-order valence-corrected chi connectivity index (χ3v) is 4.22. The molecule has 0 unspecified atom stereocenters. The van der Waals surface area contributed by atoms with Crippen LogP contribution in [0.4, 0.5) is 0 Å². The molecule has 0 saturated heterocycles. The van der Waals surface area contributed by atoms with E-state index < -0.39 is 5.97 Å². The zero-order valence-corrected chi connectivity index (χ0v) is 15.1. The lowest BCUT2D eigenvalue weighted by molar-refractivity contribution is 0.0734. The van der Waals surface area contributed by atoms with Crippen molar-refractivity contribution >= 4 is 5.97 Å². The predicted molar refractivity (Wildman–Crippen MR) is 107 cm³/mol. The number of allylic oxidation sites excluding steroid dienone is 1. The number of rotatable bonds is 5. The molecule has 4 nitrogen and oxygen atoms in total. The first-order valence-corrected chi connectivity index (χ1v) is 8.61. The summed E-state index contributed by atoms with van der Waals surface area (Å²) in [6.45, 7) is 3.73. The maximum Gasteiger partial charge on any atom is 0.343 e. The van der Waals surface area contributed by atoms with Crippen LogP contribution < -0.4 is 4.74 Å². The summed E-state index contributed by atoms with van der Waals surface area (Å²) < 4.78 is 5.38. The largest absolute Gasteiger partial charge is 0.422 e. The van der Waals surface area contributed by atoms with Crippen LogP contribution in [0.3, 0.4) is 0 Å². The standard InChI is InChI=1S/C24H16N2O2/c1-2-3-17-4-8-19(9-5-17)21-12-13-23(22(14-21)16-26)28-24(27)20-10-6-18(15-25)7-11-20/h2,4-14H,1,3H2. The molecule has 28 heavy (non-hydrogen) atoms. The van der Waals surface area contributed by atoms with Gasteiger partial charge in [-0.1, -0.05) is 36.4 Å². The average Bonchev–Trinajstić information content (AvgIpc) is 2.75. The third kappa shape index (κ3) is 4.15. The molecule has 0 aliphatic rings. The topological polar surface area (TPSA) is 73.9 Å². The van der Waals surface area contributed by atoms with E-state index >= 15 is 0 Å². The molecular weight excluding hydrogens is 348 g/mol. The highest BCUT2D eigenvalue weighted by molar-refractivity contribution is 5.91. The number of hydrogen-bond acceptors (Lipinski definition) is 4. The van der Waals surface area contributed by atoms with Gasteiger partial charge in [0.05, 0.1) is 22.8 Å². The molecule has 3 rings (SSSR count). The van der Waals surface area contributed by atoms with E-state index in [1.165, 1.54) is 12.1 Å². The summed E-state index contributed by atoms with van der Waals surface area (Å²) in [6, 6.07) is 23.3. The fourth-order valence-electron chi connectivity index (χ4n) is 2.73. The molecule has 0 N–H and O–H groups in total. The van der Waals surface area contributed by atoms with Crippen LogP contribution in [0.1, 0.15) is 27.0 Å². The summed E-state index contributed by atoms with van der Waals surface area (Å²) in [5.74, 6) is -0.383. The van der Waals surface area contributed by atoms with Gasteiger partial charge in [0.25, 0.3) is 0 Å². The van der Waals surface area contributed by atoms with Crippen LogP contribution in [0.25, 0.3) is 11.1 Å². The van der Waals surface area contributed by atoms with Crippen LogP contribution in [0.15, 0.2) is 79.4 Å². The van der Waals surface area contributed by atoms with E-state index in [2.05, 4.69) is 12.6 Å². The van der Waals surface area contributed by atoms with Gasteiger partial charge in [-0.25, -0.2) is 4.79 Å². The van der Waals surface area contributed by atoms with Crippen molar-refractivity contribution in [2.24, 2.45) is 0 Å². The molecule has 0 atom stereocenters. The Hall–Kier alpha value is -4.15. The van der Waals surface area contributed by atoms with Crippen molar-refractivity contribution in [3.8, 4) is 29.0 Å². The number of ether oxygens (including phenoxy) is 1. The molecule has 134 valence electrons. The third-order valence-electron chi connectivity index (χ3n) is 4.22. The van der Waals surface area contributed by atoms with Gasteiger partial charge in [-0.15, -0.1) is 6.58 Å². The molecule has 3 aromatic carbocycles. The molecule has 0 bridgehead atoms. The van der Waals surface area contributed by atoms with E-state index in [1.54, 1.807) is 24.3 Å². The molecular formula is C24H16N2O2. The van der Waals surface area contributed by atoms with Crippen molar-refractivity contribution in [3.63, 3.8) is 0 Å². The second-order valence-electron chi connectivity index (χ2n) is 6.09. The van der Waals surface area contributed by atoms with Crippen molar-refractivity contribution < 1.29 is 9.53 Å². The van der Waals surface area contributed by atoms with E-state index in [4.69, 9.17) is 10.00 Å². The van der Waals surface area contributed by atoms with Crippen LogP contribution in [0.5, 0.6) is 5.75 Å². The lowest BCUT2D eigenvalue weighted by atomic mass is 10.0. The maximum absolute atomic E-state index is 12.3. The second-order valence-corrected chi connectivity index (χ2v) is 6.09. The Kier molecular flexibility index (Phi) is 5.65. The van der Waals surface area contributed by atoms with Crippen LogP contribution in [0, 0.1) is 22.7 Å². The first-order valence-electron chi connectivity index (χ1n) is 8.61. The summed E-state index contributed by atoms with van der Waals surface area (Å²) in [4.78, 5) is 12.3. The summed E-state index contributed by atoms with van der Waals surface area (Å²) >= 11 is 0. The molecule has 0 fully saturated rings. The highest BCUT2D eigenvalue weighted by Crippen LogP contribution is 2.27. The molecule has 0 aliphatic carbocycles. The van der Waals surface area contributed by atoms with E-state index in [0.29, 0.717) is 11.1 Å². The zero-order valence-electron chi connectivity index (χ0n) is 15.1. The predicted octanol–water partition coefficient (Wildman–Crippen LogP) is 5.04. The van der Waals surface area contributed by atoms with Crippen LogP contribution in [-0.2, 0) is 6.42 Å². The normalized spacial score (nSPS) is 9.79. The molecule has 0 saturated carbocycles. The van der Waals surface area contributed by atoms with Crippen molar-refractivity contribution in [3.05, 3.63) is 102 Å². The van der Waals surface area contributed by atoms with Crippen LogP contribution in [-0.4, -0.2) is 5.97 Å². The monoisotopic (exact) mass is 364 g/mol. The number of nitriles is 2. The van der Waals surface area contributed by atoms with E-state index in [-0.39, 0.29) is 11.3 Å². The van der Waals surface area contributed by atoms with Crippen molar-refractivity contribution in [1.29, 1.82) is 10.5 Å². The number of carbonyl (C=O) groups excluding carboxylic acids is 1. The first kappa shape index (κ1) is 18.6.